The van der Waals surface area contributed by atoms with Crippen LogP contribution in [0.3, 0.4) is 0 Å². The normalized spacial score (nSPS) is 17.5. The van der Waals surface area contributed by atoms with E-state index in [4.69, 9.17) is 11.6 Å². The van der Waals surface area contributed by atoms with Crippen LogP contribution in [0.4, 0.5) is 11.6 Å². The van der Waals surface area contributed by atoms with Gasteiger partial charge in [0.2, 0.25) is 17.8 Å². The van der Waals surface area contributed by atoms with Gasteiger partial charge in [0, 0.05) is 44.6 Å². The zero-order valence-electron chi connectivity index (χ0n) is 16.6. The van der Waals surface area contributed by atoms with Crippen LogP contribution in [-0.2, 0) is 9.59 Å². The molecule has 0 spiro atoms. The number of aromatic nitrogens is 2. The number of carbonyl (C=O) groups excluding carboxylic acids is 3. The first-order valence-electron chi connectivity index (χ1n) is 9.89. The minimum absolute atomic E-state index is 0.0514. The van der Waals surface area contributed by atoms with Gasteiger partial charge in [0.05, 0.1) is 23.1 Å². The van der Waals surface area contributed by atoms with Gasteiger partial charge in [-0.2, -0.15) is 0 Å². The van der Waals surface area contributed by atoms with Crippen LogP contribution in [-0.4, -0.2) is 58.8 Å². The van der Waals surface area contributed by atoms with Gasteiger partial charge in [0.25, 0.3) is 5.91 Å². The molecule has 8 nitrogen and oxygen atoms in total. The Kier molecular flexibility index (Phi) is 5.67. The van der Waals surface area contributed by atoms with Crippen LogP contribution >= 0.6 is 11.6 Å². The fourth-order valence-corrected chi connectivity index (χ4v) is 4.00. The van der Waals surface area contributed by atoms with Gasteiger partial charge in [-0.15, -0.1) is 0 Å². The molecule has 0 N–H and O–H groups in total. The van der Waals surface area contributed by atoms with Crippen LogP contribution in [0, 0.1) is 0 Å². The Morgan fingerprint density at radius 1 is 1.03 bits per heavy atom. The van der Waals surface area contributed by atoms with Gasteiger partial charge >= 0.3 is 0 Å². The van der Waals surface area contributed by atoms with Gasteiger partial charge in [-0.05, 0) is 37.1 Å². The van der Waals surface area contributed by atoms with E-state index in [0.29, 0.717) is 35.3 Å². The molecule has 4 rings (SSSR count). The van der Waals surface area contributed by atoms with Gasteiger partial charge in [0.1, 0.15) is 0 Å². The number of likely N-dealkylation sites (tertiary alicyclic amines) is 1. The lowest BCUT2D eigenvalue weighted by Crippen LogP contribution is -2.46. The van der Waals surface area contributed by atoms with E-state index >= 15 is 0 Å². The average molecular weight is 428 g/mol. The highest BCUT2D eigenvalue weighted by atomic mass is 35.5. The van der Waals surface area contributed by atoms with E-state index in [9.17, 15) is 14.4 Å². The van der Waals surface area contributed by atoms with E-state index in [2.05, 4.69) is 9.97 Å². The largest absolute Gasteiger partial charge is 0.341 e. The molecule has 1 aromatic carbocycles. The van der Waals surface area contributed by atoms with Gasteiger partial charge in [0.15, 0.2) is 0 Å². The maximum atomic E-state index is 12.9. The fourth-order valence-electron chi connectivity index (χ4n) is 3.91. The first-order chi connectivity index (χ1) is 14.4. The molecule has 9 heteroatoms. The number of amides is 3. The number of rotatable bonds is 4. The molecule has 2 aliphatic rings. The molecule has 2 aliphatic heterocycles. The first kappa shape index (κ1) is 20.3. The minimum atomic E-state index is -0.199. The number of hydrogen-bond donors (Lipinski definition) is 0. The number of carbonyl (C=O) groups is 3. The molecule has 0 unspecified atom stereocenters. The predicted octanol–water partition coefficient (Wildman–Crippen LogP) is 2.52. The number of imide groups is 1. The van der Waals surface area contributed by atoms with Crippen molar-refractivity contribution in [1.29, 1.82) is 0 Å². The molecule has 3 amide bonds. The second-order valence-corrected chi connectivity index (χ2v) is 7.94. The maximum absolute atomic E-state index is 12.9. The Labute approximate surface area is 179 Å². The van der Waals surface area contributed by atoms with Gasteiger partial charge in [-0.25, -0.2) is 9.97 Å². The van der Waals surface area contributed by atoms with E-state index < -0.39 is 0 Å². The highest BCUT2D eigenvalue weighted by Gasteiger charge is 2.31. The third-order valence-corrected chi connectivity index (χ3v) is 5.84. The number of anilines is 2. The quantitative estimate of drug-likeness (QED) is 0.697. The lowest BCUT2D eigenvalue weighted by atomic mass is 10.0. The fraction of sp³-hybridized carbons (Fsp3) is 0.381. The summed E-state index contributed by atoms with van der Waals surface area (Å²) in [5.41, 5.74) is 1.06. The van der Waals surface area contributed by atoms with E-state index in [0.717, 1.165) is 12.8 Å². The summed E-state index contributed by atoms with van der Waals surface area (Å²) >= 11 is 5.85. The molecule has 3 heterocycles. The van der Waals surface area contributed by atoms with Crippen LogP contribution in [0.2, 0.25) is 5.02 Å². The van der Waals surface area contributed by atoms with Crippen molar-refractivity contribution in [3.05, 3.63) is 47.2 Å². The van der Waals surface area contributed by atoms with Crippen LogP contribution in [0.15, 0.2) is 36.7 Å². The van der Waals surface area contributed by atoms with Crippen molar-refractivity contribution in [1.82, 2.24) is 14.9 Å². The summed E-state index contributed by atoms with van der Waals surface area (Å²) in [6.45, 7) is 1.26. The number of hydrogen-bond acceptors (Lipinski definition) is 6. The summed E-state index contributed by atoms with van der Waals surface area (Å²) in [4.78, 5) is 50.2. The lowest BCUT2D eigenvalue weighted by molar-refractivity contribution is -0.121. The molecule has 2 aromatic rings. The summed E-state index contributed by atoms with van der Waals surface area (Å²) in [6.07, 6.45) is 5.25. The van der Waals surface area contributed by atoms with Crippen molar-refractivity contribution >= 4 is 41.0 Å². The summed E-state index contributed by atoms with van der Waals surface area (Å²) in [5.74, 6) is 0.167. The monoisotopic (exact) mass is 427 g/mol. The molecule has 0 bridgehead atoms. The third kappa shape index (κ3) is 4.00. The minimum Gasteiger partial charge on any atom is -0.341 e. The topological polar surface area (TPSA) is 86.7 Å². The Bertz CT molecular complexity index is 940. The first-order valence-corrected chi connectivity index (χ1v) is 10.3. The second kappa shape index (κ2) is 8.39. The van der Waals surface area contributed by atoms with Crippen molar-refractivity contribution < 1.29 is 14.4 Å². The molecule has 0 aliphatic carbocycles. The molecule has 2 saturated heterocycles. The van der Waals surface area contributed by atoms with Crippen molar-refractivity contribution in [3.8, 4) is 0 Å². The van der Waals surface area contributed by atoms with E-state index in [-0.39, 0.29) is 36.6 Å². The van der Waals surface area contributed by atoms with E-state index in [1.165, 1.54) is 4.90 Å². The highest BCUT2D eigenvalue weighted by Crippen LogP contribution is 2.24. The summed E-state index contributed by atoms with van der Waals surface area (Å²) in [5, 5.41) is 0.497. The zero-order chi connectivity index (χ0) is 21.3. The molecule has 0 atom stereocenters. The van der Waals surface area contributed by atoms with Gasteiger partial charge < -0.3 is 9.80 Å². The predicted molar refractivity (Wildman–Crippen MR) is 113 cm³/mol. The van der Waals surface area contributed by atoms with Crippen LogP contribution in [0.5, 0.6) is 0 Å². The summed E-state index contributed by atoms with van der Waals surface area (Å²) in [7, 11) is 1.95. The maximum Gasteiger partial charge on any atom is 0.253 e. The van der Waals surface area contributed by atoms with Gasteiger partial charge in [-0.1, -0.05) is 11.6 Å². The van der Waals surface area contributed by atoms with E-state index in [1.54, 1.807) is 36.7 Å². The lowest BCUT2D eigenvalue weighted by Gasteiger charge is -2.36. The standard InChI is InChI=1S/C21H22ClN5O3/c1-25(21-23-12-15(22)13-24-21)16-8-10-26(11-9-16)20(30)14-2-4-17(5-3-14)27-18(28)6-7-19(27)29/h2-5,12-13,16H,6-11H2,1H3. The van der Waals surface area contributed by atoms with Gasteiger partial charge in [-0.3, -0.25) is 19.3 Å². The summed E-state index contributed by atoms with van der Waals surface area (Å²) < 4.78 is 0. The third-order valence-electron chi connectivity index (χ3n) is 5.65. The molecule has 0 saturated carbocycles. The Morgan fingerprint density at radius 3 is 2.17 bits per heavy atom. The smallest absolute Gasteiger partial charge is 0.253 e. The van der Waals surface area contributed by atoms with Crippen molar-refractivity contribution in [2.75, 3.05) is 29.9 Å². The Balaban J connectivity index is 1.36. The Hall–Kier alpha value is -3.00. The molecule has 30 heavy (non-hydrogen) atoms. The Morgan fingerprint density at radius 2 is 1.60 bits per heavy atom. The van der Waals surface area contributed by atoms with E-state index in [1.807, 2.05) is 16.8 Å². The number of piperidine rings is 1. The van der Waals surface area contributed by atoms with Crippen LogP contribution in [0.25, 0.3) is 0 Å². The second-order valence-electron chi connectivity index (χ2n) is 7.51. The molecular formula is C21H22ClN5O3. The molecule has 2 fully saturated rings. The molecule has 0 radical (unpaired) electrons. The highest BCUT2D eigenvalue weighted by molar-refractivity contribution is 6.30. The summed E-state index contributed by atoms with van der Waals surface area (Å²) in [6, 6.07) is 6.91. The zero-order valence-corrected chi connectivity index (χ0v) is 17.4. The molecule has 1 aromatic heterocycles. The number of benzene rings is 1. The number of halogens is 1. The molecule has 156 valence electrons. The SMILES string of the molecule is CN(c1ncc(Cl)cn1)C1CCN(C(=O)c2ccc(N3C(=O)CCC3=O)cc2)CC1. The van der Waals surface area contributed by atoms with Crippen LogP contribution in [0.1, 0.15) is 36.0 Å². The van der Waals surface area contributed by atoms with Crippen molar-refractivity contribution in [3.63, 3.8) is 0 Å². The van der Waals surface area contributed by atoms with Crippen LogP contribution < -0.4 is 9.80 Å². The molecular weight excluding hydrogens is 406 g/mol. The van der Waals surface area contributed by atoms with Crippen molar-refractivity contribution in [2.45, 2.75) is 31.7 Å². The van der Waals surface area contributed by atoms with Crippen molar-refractivity contribution in [2.24, 2.45) is 0 Å². The number of nitrogens with zero attached hydrogens (tertiary/aromatic N) is 5. The average Bonchev–Trinajstić information content (AvgIpc) is 3.11.